The van der Waals surface area contributed by atoms with Gasteiger partial charge < -0.3 is 0 Å². The maximum absolute atomic E-state index is 13.3. The SMILES string of the molecule is C[C@]12C(=O)N(c3cc(Cl)cc(Cl)c3)C(=O)[C@]13c1cc(C#N)ccc1[C@H]23. The summed E-state index contributed by atoms with van der Waals surface area (Å²) < 4.78 is 0. The lowest BCUT2D eigenvalue weighted by atomic mass is 9.75. The van der Waals surface area contributed by atoms with E-state index < -0.39 is 10.8 Å². The minimum atomic E-state index is -0.846. The van der Waals surface area contributed by atoms with Gasteiger partial charge in [-0.2, -0.15) is 5.26 Å². The van der Waals surface area contributed by atoms with Crippen molar-refractivity contribution in [3.63, 3.8) is 0 Å². The molecule has 122 valence electrons. The van der Waals surface area contributed by atoms with E-state index in [1.165, 1.54) is 4.90 Å². The van der Waals surface area contributed by atoms with Crippen LogP contribution in [0.5, 0.6) is 0 Å². The number of hydrogen-bond donors (Lipinski definition) is 0. The standard InChI is InChI=1S/C19H10Cl2N2O2/c1-18-15-13-3-2-9(8-22)4-14(13)19(15,18)17(25)23(16(18)24)12-6-10(20)5-11(21)7-12/h2-7,15H,1H3/t15-,18+,19-/m1/s1. The smallest absolute Gasteiger partial charge is 0.246 e. The van der Waals surface area contributed by atoms with Gasteiger partial charge in [0.25, 0.3) is 0 Å². The van der Waals surface area contributed by atoms with Crippen LogP contribution in [0.15, 0.2) is 36.4 Å². The molecule has 6 heteroatoms. The van der Waals surface area contributed by atoms with Crippen molar-refractivity contribution in [2.24, 2.45) is 5.41 Å². The molecule has 1 saturated heterocycles. The molecule has 2 aromatic carbocycles. The van der Waals surface area contributed by atoms with E-state index in [0.717, 1.165) is 11.1 Å². The molecule has 1 heterocycles. The number of anilines is 1. The first-order valence-electron chi connectivity index (χ1n) is 7.77. The number of imide groups is 1. The zero-order valence-corrected chi connectivity index (χ0v) is 14.5. The highest BCUT2D eigenvalue weighted by atomic mass is 35.5. The monoisotopic (exact) mass is 368 g/mol. The number of amides is 2. The minimum Gasteiger partial charge on any atom is -0.273 e. The van der Waals surface area contributed by atoms with Crippen molar-refractivity contribution in [1.82, 2.24) is 0 Å². The number of nitrogens with zero attached hydrogens (tertiary/aromatic N) is 2. The zero-order valence-electron chi connectivity index (χ0n) is 13.0. The Balaban J connectivity index is 1.67. The fourth-order valence-corrected chi connectivity index (χ4v) is 5.41. The van der Waals surface area contributed by atoms with Crippen LogP contribution in [0.25, 0.3) is 0 Å². The zero-order chi connectivity index (χ0) is 17.7. The molecule has 2 aromatic rings. The third-order valence-electron chi connectivity index (χ3n) is 5.96. The molecular weight excluding hydrogens is 359 g/mol. The number of hydrogen-bond acceptors (Lipinski definition) is 3. The van der Waals surface area contributed by atoms with Crippen LogP contribution in [-0.4, -0.2) is 11.8 Å². The van der Waals surface area contributed by atoms with Gasteiger partial charge in [-0.1, -0.05) is 29.3 Å². The Morgan fingerprint density at radius 3 is 2.40 bits per heavy atom. The summed E-state index contributed by atoms with van der Waals surface area (Å²) in [6.07, 6.45) is 0. The predicted molar refractivity (Wildman–Crippen MR) is 92.6 cm³/mol. The van der Waals surface area contributed by atoms with Crippen molar-refractivity contribution >= 4 is 40.7 Å². The average molecular weight is 369 g/mol. The first-order valence-corrected chi connectivity index (χ1v) is 8.52. The van der Waals surface area contributed by atoms with E-state index in [4.69, 9.17) is 28.5 Å². The highest BCUT2D eigenvalue weighted by Gasteiger charge is 2.93. The molecule has 0 aromatic heterocycles. The lowest BCUT2D eigenvalue weighted by molar-refractivity contribution is -0.125. The first-order chi connectivity index (χ1) is 11.9. The van der Waals surface area contributed by atoms with Crippen molar-refractivity contribution in [3.05, 3.63) is 63.1 Å². The second-order valence-corrected chi connectivity index (χ2v) is 7.80. The maximum Gasteiger partial charge on any atom is 0.246 e. The number of rotatable bonds is 1. The Morgan fingerprint density at radius 1 is 1.08 bits per heavy atom. The molecule has 1 aliphatic heterocycles. The van der Waals surface area contributed by atoms with Crippen LogP contribution in [0.2, 0.25) is 10.0 Å². The van der Waals surface area contributed by atoms with Gasteiger partial charge in [0.05, 0.1) is 28.2 Å². The number of piperidine rings is 1. The lowest BCUT2D eigenvalue weighted by Gasteiger charge is -2.31. The highest BCUT2D eigenvalue weighted by molar-refractivity contribution is 6.37. The van der Waals surface area contributed by atoms with Gasteiger partial charge in [0.2, 0.25) is 11.8 Å². The Labute approximate surface area is 153 Å². The van der Waals surface area contributed by atoms with Crippen LogP contribution in [0.4, 0.5) is 5.69 Å². The molecule has 0 N–H and O–H groups in total. The lowest BCUT2D eigenvalue weighted by Crippen LogP contribution is -2.42. The Morgan fingerprint density at radius 2 is 1.76 bits per heavy atom. The first kappa shape index (κ1) is 14.9. The van der Waals surface area contributed by atoms with Crippen molar-refractivity contribution in [3.8, 4) is 6.07 Å². The second kappa shape index (κ2) is 4.24. The summed E-state index contributed by atoms with van der Waals surface area (Å²) in [5.74, 6) is -0.602. The van der Waals surface area contributed by atoms with Gasteiger partial charge in [-0.15, -0.1) is 0 Å². The van der Waals surface area contributed by atoms with Crippen molar-refractivity contribution in [1.29, 1.82) is 5.26 Å². The molecule has 2 amide bonds. The number of nitriles is 1. The van der Waals surface area contributed by atoms with Crippen LogP contribution in [0, 0.1) is 16.7 Å². The van der Waals surface area contributed by atoms with Crippen molar-refractivity contribution in [2.75, 3.05) is 4.90 Å². The van der Waals surface area contributed by atoms with Crippen LogP contribution in [0.3, 0.4) is 0 Å². The van der Waals surface area contributed by atoms with Crippen LogP contribution < -0.4 is 4.90 Å². The third kappa shape index (κ3) is 1.39. The molecule has 2 fully saturated rings. The summed E-state index contributed by atoms with van der Waals surface area (Å²) in [6, 6.07) is 12.1. The van der Waals surface area contributed by atoms with Gasteiger partial charge in [-0.25, -0.2) is 4.90 Å². The van der Waals surface area contributed by atoms with Gasteiger partial charge >= 0.3 is 0 Å². The highest BCUT2D eigenvalue weighted by Crippen LogP contribution is 2.86. The fraction of sp³-hybridized carbons (Fsp3) is 0.211. The van der Waals surface area contributed by atoms with Crippen molar-refractivity contribution in [2.45, 2.75) is 18.3 Å². The number of halogens is 2. The number of carbonyl (C=O) groups is 2. The molecular formula is C19H10Cl2N2O2. The van der Waals surface area contributed by atoms with Crippen molar-refractivity contribution < 1.29 is 9.59 Å². The van der Waals surface area contributed by atoms with Gasteiger partial charge in [0, 0.05) is 16.0 Å². The van der Waals surface area contributed by atoms with Gasteiger partial charge in [-0.3, -0.25) is 9.59 Å². The Kier molecular flexibility index (Phi) is 2.54. The summed E-state index contributed by atoms with van der Waals surface area (Å²) in [5.41, 5.74) is 1.03. The molecule has 1 spiro atoms. The summed E-state index contributed by atoms with van der Waals surface area (Å²) in [6.45, 7) is 1.83. The summed E-state index contributed by atoms with van der Waals surface area (Å²) in [7, 11) is 0. The van der Waals surface area contributed by atoms with E-state index in [0.29, 0.717) is 21.3 Å². The largest absolute Gasteiger partial charge is 0.273 e. The molecule has 25 heavy (non-hydrogen) atoms. The summed E-state index contributed by atoms with van der Waals surface area (Å²) >= 11 is 12.1. The third-order valence-corrected chi connectivity index (χ3v) is 6.39. The molecule has 0 bridgehead atoms. The number of carbonyl (C=O) groups excluding carboxylic acids is 2. The Hall–Kier alpha value is -2.35. The molecule has 4 nitrogen and oxygen atoms in total. The predicted octanol–water partition coefficient (Wildman–Crippen LogP) is 3.79. The van der Waals surface area contributed by atoms with E-state index in [2.05, 4.69) is 6.07 Å². The van der Waals surface area contributed by atoms with Gasteiger partial charge in [-0.05, 0) is 48.4 Å². The quantitative estimate of drug-likeness (QED) is 0.719. The molecule has 5 rings (SSSR count). The van der Waals surface area contributed by atoms with E-state index in [-0.39, 0.29) is 17.7 Å². The maximum atomic E-state index is 13.3. The number of fused-ring (bicyclic) bond motifs is 3. The van der Waals surface area contributed by atoms with Crippen LogP contribution in [0.1, 0.15) is 29.5 Å². The minimum absolute atomic E-state index is 0.103. The summed E-state index contributed by atoms with van der Waals surface area (Å²) in [4.78, 5) is 27.6. The number of benzene rings is 2. The van der Waals surface area contributed by atoms with E-state index in [9.17, 15) is 9.59 Å². The molecule has 3 aliphatic rings. The molecule has 0 unspecified atom stereocenters. The molecule has 2 aliphatic carbocycles. The molecule has 0 radical (unpaired) electrons. The fourth-order valence-electron chi connectivity index (χ4n) is 4.90. The molecule has 1 saturated carbocycles. The van der Waals surface area contributed by atoms with Gasteiger partial charge in [0.1, 0.15) is 0 Å². The van der Waals surface area contributed by atoms with Gasteiger partial charge in [0.15, 0.2) is 0 Å². The van der Waals surface area contributed by atoms with E-state index in [1.807, 2.05) is 13.0 Å². The average Bonchev–Trinajstić information content (AvgIpc) is 2.99. The van der Waals surface area contributed by atoms with E-state index >= 15 is 0 Å². The normalized spacial score (nSPS) is 31.0. The van der Waals surface area contributed by atoms with E-state index in [1.54, 1.807) is 30.3 Å². The second-order valence-electron chi connectivity index (χ2n) is 6.93. The summed E-state index contributed by atoms with van der Waals surface area (Å²) in [5, 5.41) is 9.88. The van der Waals surface area contributed by atoms with Crippen LogP contribution in [-0.2, 0) is 15.0 Å². The topological polar surface area (TPSA) is 61.2 Å². The van der Waals surface area contributed by atoms with Crippen LogP contribution >= 0.6 is 23.2 Å². The Bertz CT molecular complexity index is 1050. The molecule has 3 atom stereocenters.